The molecular weight excluding hydrogens is 344 g/mol. The van der Waals surface area contributed by atoms with Crippen LogP contribution in [0, 0.1) is 5.92 Å². The Bertz CT molecular complexity index is 601. The highest BCUT2D eigenvalue weighted by molar-refractivity contribution is 5.94. The van der Waals surface area contributed by atoms with Gasteiger partial charge in [0.15, 0.2) is 5.96 Å². The van der Waals surface area contributed by atoms with E-state index in [1.54, 1.807) is 14.1 Å². The van der Waals surface area contributed by atoms with E-state index in [0.717, 1.165) is 70.3 Å². The number of benzene rings is 1. The molecule has 1 aromatic rings. The first kappa shape index (κ1) is 21.2. The summed E-state index contributed by atoms with van der Waals surface area (Å²) in [5, 5.41) is 9.24. The van der Waals surface area contributed by atoms with E-state index in [0.29, 0.717) is 11.5 Å². The van der Waals surface area contributed by atoms with Crippen LogP contribution >= 0.6 is 0 Å². The molecule has 0 aliphatic carbocycles. The highest BCUT2D eigenvalue weighted by Crippen LogP contribution is 2.12. The monoisotopic (exact) mass is 376 g/mol. The van der Waals surface area contributed by atoms with Gasteiger partial charge in [-0.05, 0) is 37.0 Å². The largest absolute Gasteiger partial charge is 0.381 e. The van der Waals surface area contributed by atoms with E-state index in [4.69, 9.17) is 9.47 Å². The molecule has 7 nitrogen and oxygen atoms in total. The van der Waals surface area contributed by atoms with Gasteiger partial charge >= 0.3 is 0 Å². The minimum atomic E-state index is -0.0649. The van der Waals surface area contributed by atoms with Crippen LogP contribution in [0.5, 0.6) is 0 Å². The molecule has 1 aromatic carbocycles. The van der Waals surface area contributed by atoms with E-state index in [1.807, 2.05) is 24.3 Å². The van der Waals surface area contributed by atoms with Crippen molar-refractivity contribution in [3.63, 3.8) is 0 Å². The van der Waals surface area contributed by atoms with Gasteiger partial charge in [0.2, 0.25) is 0 Å². The molecule has 1 heterocycles. The lowest BCUT2D eigenvalue weighted by Gasteiger charge is -2.13. The molecule has 27 heavy (non-hydrogen) atoms. The van der Waals surface area contributed by atoms with E-state index in [9.17, 15) is 4.79 Å². The number of rotatable bonds is 10. The van der Waals surface area contributed by atoms with Gasteiger partial charge in [0.1, 0.15) is 0 Å². The number of nitrogens with one attached hydrogen (secondary N) is 3. The average Bonchev–Trinajstić information content (AvgIpc) is 3.22. The fourth-order valence-corrected chi connectivity index (χ4v) is 2.90. The normalized spacial score (nSPS) is 17.0. The zero-order valence-electron chi connectivity index (χ0n) is 16.4. The Labute approximate surface area is 161 Å². The van der Waals surface area contributed by atoms with Crippen molar-refractivity contribution in [1.82, 2.24) is 16.0 Å². The summed E-state index contributed by atoms with van der Waals surface area (Å²) in [6.45, 7) is 4.80. The first-order valence-electron chi connectivity index (χ1n) is 9.64. The minimum Gasteiger partial charge on any atom is -0.381 e. The SMILES string of the molecule is CN=C(NCCCOCC1CCOC1)NCCc1cccc(C(=O)NC)c1. The second-order valence-corrected chi connectivity index (χ2v) is 6.61. The lowest BCUT2D eigenvalue weighted by atomic mass is 10.1. The third kappa shape index (κ3) is 7.97. The van der Waals surface area contributed by atoms with Crippen LogP contribution in [0.25, 0.3) is 0 Å². The second-order valence-electron chi connectivity index (χ2n) is 6.61. The summed E-state index contributed by atoms with van der Waals surface area (Å²) in [5.41, 5.74) is 1.80. The van der Waals surface area contributed by atoms with Gasteiger partial charge in [-0.2, -0.15) is 0 Å². The lowest BCUT2D eigenvalue weighted by Crippen LogP contribution is -2.39. The lowest BCUT2D eigenvalue weighted by molar-refractivity contribution is 0.0888. The number of nitrogens with zero attached hydrogens (tertiary/aromatic N) is 1. The zero-order valence-corrected chi connectivity index (χ0v) is 16.4. The molecule has 7 heteroatoms. The van der Waals surface area contributed by atoms with Crippen molar-refractivity contribution in [3.8, 4) is 0 Å². The minimum absolute atomic E-state index is 0.0649. The quantitative estimate of drug-likeness (QED) is 0.325. The Hall–Kier alpha value is -2.12. The third-order valence-electron chi connectivity index (χ3n) is 4.48. The number of aliphatic imine (C=N–C) groups is 1. The van der Waals surface area contributed by atoms with Gasteiger partial charge in [0.25, 0.3) is 5.91 Å². The van der Waals surface area contributed by atoms with Gasteiger partial charge in [-0.1, -0.05) is 12.1 Å². The highest BCUT2D eigenvalue weighted by Gasteiger charge is 2.15. The van der Waals surface area contributed by atoms with Crippen LogP contribution in [-0.2, 0) is 15.9 Å². The molecule has 1 fully saturated rings. The van der Waals surface area contributed by atoms with Crippen LogP contribution in [-0.4, -0.2) is 65.5 Å². The number of guanidine groups is 1. The van der Waals surface area contributed by atoms with Gasteiger partial charge in [-0.3, -0.25) is 9.79 Å². The number of amides is 1. The second kappa shape index (κ2) is 12.3. The Kier molecular flexibility index (Phi) is 9.65. The molecule has 1 aliphatic heterocycles. The average molecular weight is 377 g/mol. The van der Waals surface area contributed by atoms with Gasteiger partial charge in [0.05, 0.1) is 13.2 Å². The van der Waals surface area contributed by atoms with Crippen molar-refractivity contribution >= 4 is 11.9 Å². The Morgan fingerprint density at radius 1 is 1.33 bits per heavy atom. The van der Waals surface area contributed by atoms with Crippen LogP contribution in [0.4, 0.5) is 0 Å². The Morgan fingerprint density at radius 3 is 2.93 bits per heavy atom. The molecule has 0 radical (unpaired) electrons. The van der Waals surface area contributed by atoms with Gasteiger partial charge in [-0.25, -0.2) is 0 Å². The van der Waals surface area contributed by atoms with Crippen molar-refractivity contribution in [3.05, 3.63) is 35.4 Å². The summed E-state index contributed by atoms with van der Waals surface area (Å²) in [6, 6.07) is 7.67. The number of hydrogen-bond acceptors (Lipinski definition) is 4. The summed E-state index contributed by atoms with van der Waals surface area (Å²) in [6.07, 6.45) is 2.86. The molecule has 1 atom stereocenters. The van der Waals surface area contributed by atoms with Crippen molar-refractivity contribution < 1.29 is 14.3 Å². The summed E-state index contributed by atoms with van der Waals surface area (Å²) in [7, 11) is 3.40. The van der Waals surface area contributed by atoms with Gasteiger partial charge in [0, 0.05) is 51.9 Å². The summed E-state index contributed by atoms with van der Waals surface area (Å²) in [4.78, 5) is 15.9. The molecule has 3 N–H and O–H groups in total. The van der Waals surface area contributed by atoms with Gasteiger partial charge < -0.3 is 25.4 Å². The molecule has 0 saturated carbocycles. The van der Waals surface area contributed by atoms with E-state index in [2.05, 4.69) is 20.9 Å². The van der Waals surface area contributed by atoms with Crippen LogP contribution < -0.4 is 16.0 Å². The first-order valence-corrected chi connectivity index (χ1v) is 9.64. The maximum absolute atomic E-state index is 11.7. The fourth-order valence-electron chi connectivity index (χ4n) is 2.90. The number of carbonyl (C=O) groups excluding carboxylic acids is 1. The highest BCUT2D eigenvalue weighted by atomic mass is 16.5. The summed E-state index contributed by atoms with van der Waals surface area (Å²) >= 11 is 0. The van der Waals surface area contributed by atoms with Crippen molar-refractivity contribution in [2.24, 2.45) is 10.9 Å². The van der Waals surface area contributed by atoms with Crippen LogP contribution in [0.2, 0.25) is 0 Å². The number of hydrogen-bond donors (Lipinski definition) is 3. The third-order valence-corrected chi connectivity index (χ3v) is 4.48. The van der Waals surface area contributed by atoms with Crippen LogP contribution in [0.1, 0.15) is 28.8 Å². The maximum atomic E-state index is 11.7. The zero-order chi connectivity index (χ0) is 19.3. The van der Waals surface area contributed by atoms with E-state index >= 15 is 0 Å². The van der Waals surface area contributed by atoms with Crippen molar-refractivity contribution in [1.29, 1.82) is 0 Å². The fraction of sp³-hybridized carbons (Fsp3) is 0.600. The Morgan fingerprint density at radius 2 is 2.19 bits per heavy atom. The predicted octanol–water partition coefficient (Wildman–Crippen LogP) is 1.20. The number of carbonyl (C=O) groups is 1. The standard InChI is InChI=1S/C20H32N4O3/c1-21-19(25)18-6-3-5-16(13-18)7-10-24-20(22-2)23-9-4-11-26-14-17-8-12-27-15-17/h3,5-6,13,17H,4,7-12,14-15H2,1-2H3,(H,21,25)(H2,22,23,24). The number of ether oxygens (including phenoxy) is 2. The molecule has 1 amide bonds. The molecule has 150 valence electrons. The van der Waals surface area contributed by atoms with E-state index in [-0.39, 0.29) is 5.91 Å². The van der Waals surface area contributed by atoms with Crippen molar-refractivity contribution in [2.75, 3.05) is 53.6 Å². The van der Waals surface area contributed by atoms with Crippen LogP contribution in [0.3, 0.4) is 0 Å². The topological polar surface area (TPSA) is 84.0 Å². The van der Waals surface area contributed by atoms with Gasteiger partial charge in [-0.15, -0.1) is 0 Å². The smallest absolute Gasteiger partial charge is 0.251 e. The molecule has 0 spiro atoms. The molecule has 2 rings (SSSR count). The summed E-state index contributed by atoms with van der Waals surface area (Å²) in [5.74, 6) is 1.28. The molecule has 1 aliphatic rings. The molecule has 1 unspecified atom stereocenters. The predicted molar refractivity (Wildman–Crippen MR) is 107 cm³/mol. The van der Waals surface area contributed by atoms with E-state index in [1.165, 1.54) is 0 Å². The molecule has 1 saturated heterocycles. The maximum Gasteiger partial charge on any atom is 0.251 e. The van der Waals surface area contributed by atoms with E-state index < -0.39 is 0 Å². The molecule has 0 aromatic heterocycles. The Balaban J connectivity index is 1.57. The summed E-state index contributed by atoms with van der Waals surface area (Å²) < 4.78 is 11.0. The first-order chi connectivity index (χ1) is 13.2. The molecule has 0 bridgehead atoms. The van der Waals surface area contributed by atoms with Crippen molar-refractivity contribution in [2.45, 2.75) is 19.3 Å². The van der Waals surface area contributed by atoms with Crippen LogP contribution in [0.15, 0.2) is 29.3 Å². The molecular formula is C20H32N4O3.